The molecule has 0 unspecified atom stereocenters. The van der Waals surface area contributed by atoms with Gasteiger partial charge in [-0.1, -0.05) is 0 Å². The van der Waals surface area contributed by atoms with Crippen molar-refractivity contribution in [2.75, 3.05) is 5.73 Å². The summed E-state index contributed by atoms with van der Waals surface area (Å²) in [5, 5.41) is 8.95. The predicted molar refractivity (Wildman–Crippen MR) is 50.1 cm³/mol. The van der Waals surface area contributed by atoms with Crippen LogP contribution >= 0.6 is 0 Å². The van der Waals surface area contributed by atoms with E-state index in [1.807, 2.05) is 0 Å². The van der Waals surface area contributed by atoms with Gasteiger partial charge in [-0.2, -0.15) is 0 Å². The molecule has 0 atom stereocenters. The van der Waals surface area contributed by atoms with Gasteiger partial charge in [0.25, 0.3) is 0 Å². The molecule has 5 heteroatoms. The number of carboxylic acids is 1. The maximum Gasteiger partial charge on any atom is 0.355 e. The molecule has 1 aromatic heterocycles. The van der Waals surface area contributed by atoms with Crippen molar-refractivity contribution in [3.63, 3.8) is 0 Å². The van der Waals surface area contributed by atoms with Gasteiger partial charge in [-0.15, -0.1) is 0 Å². The fraction of sp³-hybridized carbons (Fsp3) is 0.444. The van der Waals surface area contributed by atoms with Crippen LogP contribution in [0.2, 0.25) is 0 Å². The SMILES string of the molecule is Cc1nc(N)c(C2CC2)c(C(=O)O)n1. The van der Waals surface area contributed by atoms with E-state index in [-0.39, 0.29) is 11.6 Å². The highest BCUT2D eigenvalue weighted by Crippen LogP contribution is 2.43. The minimum atomic E-state index is -1.02. The molecule has 1 fully saturated rings. The van der Waals surface area contributed by atoms with E-state index < -0.39 is 5.97 Å². The number of hydrogen-bond acceptors (Lipinski definition) is 4. The molecule has 14 heavy (non-hydrogen) atoms. The topological polar surface area (TPSA) is 89.1 Å². The number of aryl methyl sites for hydroxylation is 1. The number of nitrogens with two attached hydrogens (primary N) is 1. The number of carbonyl (C=O) groups is 1. The lowest BCUT2D eigenvalue weighted by atomic mass is 10.1. The molecular formula is C9H11N3O2. The van der Waals surface area contributed by atoms with Crippen molar-refractivity contribution in [3.05, 3.63) is 17.1 Å². The molecule has 0 bridgehead atoms. The van der Waals surface area contributed by atoms with E-state index in [0.29, 0.717) is 17.2 Å². The van der Waals surface area contributed by atoms with Gasteiger partial charge in [0.2, 0.25) is 0 Å². The minimum absolute atomic E-state index is 0.0671. The molecule has 1 aliphatic carbocycles. The molecule has 1 aromatic rings. The van der Waals surface area contributed by atoms with Crippen molar-refractivity contribution in [2.24, 2.45) is 0 Å². The van der Waals surface area contributed by atoms with Crippen LogP contribution in [0.3, 0.4) is 0 Å². The van der Waals surface area contributed by atoms with Gasteiger partial charge in [0.05, 0.1) is 0 Å². The summed E-state index contributed by atoms with van der Waals surface area (Å²) in [5.41, 5.74) is 6.37. The van der Waals surface area contributed by atoms with Gasteiger partial charge in [-0.25, -0.2) is 14.8 Å². The lowest BCUT2D eigenvalue weighted by Gasteiger charge is -2.07. The summed E-state index contributed by atoms with van der Waals surface area (Å²) >= 11 is 0. The Labute approximate surface area is 81.0 Å². The van der Waals surface area contributed by atoms with Crippen LogP contribution in [0.4, 0.5) is 5.82 Å². The smallest absolute Gasteiger partial charge is 0.355 e. The van der Waals surface area contributed by atoms with E-state index in [1.165, 1.54) is 0 Å². The fourth-order valence-corrected chi connectivity index (χ4v) is 1.54. The first-order valence-electron chi connectivity index (χ1n) is 4.47. The number of aromatic nitrogens is 2. The lowest BCUT2D eigenvalue weighted by molar-refractivity contribution is 0.0688. The Kier molecular flexibility index (Phi) is 1.87. The summed E-state index contributed by atoms with van der Waals surface area (Å²) in [6, 6.07) is 0. The summed E-state index contributed by atoms with van der Waals surface area (Å²) in [4.78, 5) is 18.8. The molecule has 0 aliphatic heterocycles. The predicted octanol–water partition coefficient (Wildman–Crippen LogP) is 0.943. The van der Waals surface area contributed by atoms with Crippen molar-refractivity contribution in [1.82, 2.24) is 9.97 Å². The molecule has 5 nitrogen and oxygen atoms in total. The number of anilines is 1. The highest BCUT2D eigenvalue weighted by molar-refractivity contribution is 5.89. The molecule has 3 N–H and O–H groups in total. The molecule has 1 aliphatic rings. The van der Waals surface area contributed by atoms with E-state index >= 15 is 0 Å². The number of nitrogens with zero attached hydrogens (tertiary/aromatic N) is 2. The number of nitrogen functional groups attached to an aromatic ring is 1. The standard InChI is InChI=1S/C9H11N3O2/c1-4-11-7(9(13)14)6(5-2-3-5)8(10)12-4/h5H,2-3H2,1H3,(H,13,14)(H2,10,11,12). The van der Waals surface area contributed by atoms with Crippen molar-refractivity contribution >= 4 is 11.8 Å². The third-order valence-corrected chi connectivity index (χ3v) is 2.28. The van der Waals surface area contributed by atoms with Gasteiger partial charge >= 0.3 is 5.97 Å². The molecule has 0 saturated heterocycles. The zero-order chi connectivity index (χ0) is 10.3. The molecule has 1 saturated carbocycles. The third-order valence-electron chi connectivity index (χ3n) is 2.28. The Morgan fingerprint density at radius 1 is 1.50 bits per heavy atom. The van der Waals surface area contributed by atoms with Gasteiger partial charge in [-0.05, 0) is 25.7 Å². The number of carboxylic acid groups (broad SMARTS) is 1. The van der Waals surface area contributed by atoms with Crippen molar-refractivity contribution in [1.29, 1.82) is 0 Å². The fourth-order valence-electron chi connectivity index (χ4n) is 1.54. The largest absolute Gasteiger partial charge is 0.476 e. The second kappa shape index (κ2) is 2.94. The van der Waals surface area contributed by atoms with Crippen LogP contribution in [0.1, 0.15) is 40.6 Å². The van der Waals surface area contributed by atoms with Crippen LogP contribution in [-0.4, -0.2) is 21.0 Å². The summed E-state index contributed by atoms with van der Waals surface area (Å²) in [6.45, 7) is 1.64. The van der Waals surface area contributed by atoms with Crippen LogP contribution in [0, 0.1) is 6.92 Å². The third kappa shape index (κ3) is 1.41. The number of aromatic carboxylic acids is 1. The van der Waals surface area contributed by atoms with Crippen molar-refractivity contribution in [3.8, 4) is 0 Å². The van der Waals surface area contributed by atoms with E-state index in [2.05, 4.69) is 9.97 Å². The van der Waals surface area contributed by atoms with Gasteiger partial charge in [0, 0.05) is 5.56 Å². The summed E-state index contributed by atoms with van der Waals surface area (Å²) in [7, 11) is 0. The molecule has 0 spiro atoms. The van der Waals surface area contributed by atoms with Crippen LogP contribution in [0.25, 0.3) is 0 Å². The molecular weight excluding hydrogens is 182 g/mol. The number of hydrogen-bond donors (Lipinski definition) is 2. The molecule has 0 radical (unpaired) electrons. The molecule has 0 amide bonds. The van der Waals surface area contributed by atoms with Gasteiger partial charge < -0.3 is 10.8 Å². The van der Waals surface area contributed by atoms with Crippen LogP contribution in [0.15, 0.2) is 0 Å². The normalized spacial score (nSPS) is 15.5. The highest BCUT2D eigenvalue weighted by atomic mass is 16.4. The average molecular weight is 193 g/mol. The van der Waals surface area contributed by atoms with Gasteiger partial charge in [0.1, 0.15) is 11.6 Å². The van der Waals surface area contributed by atoms with Crippen LogP contribution < -0.4 is 5.73 Å². The first kappa shape index (κ1) is 8.93. The molecule has 2 rings (SSSR count). The van der Waals surface area contributed by atoms with E-state index in [0.717, 1.165) is 12.8 Å². The first-order chi connectivity index (χ1) is 6.59. The Morgan fingerprint density at radius 2 is 2.14 bits per heavy atom. The highest BCUT2D eigenvalue weighted by Gasteiger charge is 2.32. The molecule has 0 aromatic carbocycles. The van der Waals surface area contributed by atoms with E-state index in [9.17, 15) is 4.79 Å². The maximum absolute atomic E-state index is 10.9. The van der Waals surface area contributed by atoms with Gasteiger partial charge in [-0.3, -0.25) is 0 Å². The summed E-state index contributed by atoms with van der Waals surface area (Å²) in [5.74, 6) is -0.0486. The average Bonchev–Trinajstić information content (AvgIpc) is 2.85. The van der Waals surface area contributed by atoms with E-state index in [1.54, 1.807) is 6.92 Å². The van der Waals surface area contributed by atoms with Gasteiger partial charge in [0.15, 0.2) is 5.69 Å². The molecule has 1 heterocycles. The van der Waals surface area contributed by atoms with Crippen LogP contribution in [-0.2, 0) is 0 Å². The van der Waals surface area contributed by atoms with Crippen molar-refractivity contribution in [2.45, 2.75) is 25.7 Å². The Hall–Kier alpha value is -1.65. The quantitative estimate of drug-likeness (QED) is 0.729. The summed E-state index contributed by atoms with van der Waals surface area (Å²) < 4.78 is 0. The second-order valence-electron chi connectivity index (χ2n) is 3.50. The Bertz CT molecular complexity index is 399. The Morgan fingerprint density at radius 3 is 2.64 bits per heavy atom. The number of rotatable bonds is 2. The van der Waals surface area contributed by atoms with E-state index in [4.69, 9.17) is 10.8 Å². The monoisotopic (exact) mass is 193 g/mol. The zero-order valence-corrected chi connectivity index (χ0v) is 7.82. The zero-order valence-electron chi connectivity index (χ0n) is 7.82. The Balaban J connectivity index is 2.58. The van der Waals surface area contributed by atoms with Crippen molar-refractivity contribution < 1.29 is 9.90 Å². The molecule has 74 valence electrons. The summed E-state index contributed by atoms with van der Waals surface area (Å²) in [6.07, 6.45) is 1.97. The second-order valence-corrected chi connectivity index (χ2v) is 3.50. The van der Waals surface area contributed by atoms with Crippen LogP contribution in [0.5, 0.6) is 0 Å². The maximum atomic E-state index is 10.9. The minimum Gasteiger partial charge on any atom is -0.476 e. The first-order valence-corrected chi connectivity index (χ1v) is 4.47. The lowest BCUT2D eigenvalue weighted by Crippen LogP contribution is -2.11.